The topological polar surface area (TPSA) is 98.9 Å². The number of nitrogens with zero attached hydrogens (tertiary/aromatic N) is 1. The van der Waals surface area contributed by atoms with Gasteiger partial charge in [-0.05, 0) is 72.3 Å². The number of H-pyrrole nitrogens is 1. The molecule has 37 heavy (non-hydrogen) atoms. The summed E-state index contributed by atoms with van der Waals surface area (Å²) < 4.78 is 13.1. The lowest BCUT2D eigenvalue weighted by atomic mass is 9.91. The summed E-state index contributed by atoms with van der Waals surface area (Å²) in [5, 5.41) is 16.5. The molecule has 0 spiro atoms. The van der Waals surface area contributed by atoms with Crippen molar-refractivity contribution >= 4 is 34.9 Å². The van der Waals surface area contributed by atoms with Crippen LogP contribution < -0.4 is 16.0 Å². The van der Waals surface area contributed by atoms with E-state index in [1.807, 2.05) is 18.2 Å². The van der Waals surface area contributed by atoms with E-state index in [2.05, 4.69) is 46.9 Å². The standard InChI is InChI=1S/C28H27ClFN5O2/c1-28(2,3)24-16-23(34-35-24)25(18-5-4-6-19(29)15-18)33-27(37)32-22-11-7-17(8-12-22)26(36)31-21-13-9-20(30)10-14-21/h4-16,25H,1-3H3,(H,31,36)(H,34,35)(H2,32,33,37). The van der Waals surface area contributed by atoms with E-state index in [1.54, 1.807) is 36.4 Å². The Kier molecular flexibility index (Phi) is 7.59. The Balaban J connectivity index is 1.46. The van der Waals surface area contributed by atoms with Crippen molar-refractivity contribution in [3.8, 4) is 0 Å². The van der Waals surface area contributed by atoms with Crippen LogP contribution in [0.3, 0.4) is 0 Å². The molecule has 4 aromatic rings. The molecule has 0 radical (unpaired) electrons. The largest absolute Gasteiger partial charge is 0.325 e. The number of aromatic amines is 1. The normalized spacial score (nSPS) is 12.0. The number of aromatic nitrogens is 2. The monoisotopic (exact) mass is 519 g/mol. The lowest BCUT2D eigenvalue weighted by Gasteiger charge is -2.19. The third-order valence-electron chi connectivity index (χ3n) is 5.64. The van der Waals surface area contributed by atoms with Crippen molar-refractivity contribution in [2.75, 3.05) is 10.6 Å². The first kappa shape index (κ1) is 25.9. The van der Waals surface area contributed by atoms with E-state index in [0.717, 1.165) is 17.0 Å². The molecule has 0 aliphatic rings. The Bertz CT molecular complexity index is 1400. The number of halogens is 2. The third kappa shape index (κ3) is 6.74. The van der Waals surface area contributed by atoms with Crippen LogP contribution in [0.2, 0.25) is 5.02 Å². The maximum atomic E-state index is 13.1. The second-order valence-electron chi connectivity index (χ2n) is 9.58. The minimum Gasteiger partial charge on any atom is -0.325 e. The SMILES string of the molecule is CC(C)(C)c1cc(C(NC(=O)Nc2ccc(C(=O)Nc3ccc(F)cc3)cc2)c2cccc(Cl)c2)[nH]n1. The van der Waals surface area contributed by atoms with Gasteiger partial charge in [0.2, 0.25) is 0 Å². The van der Waals surface area contributed by atoms with Crippen LogP contribution in [-0.4, -0.2) is 22.1 Å². The first-order valence-electron chi connectivity index (χ1n) is 11.6. The highest BCUT2D eigenvalue weighted by Crippen LogP contribution is 2.27. The van der Waals surface area contributed by atoms with Gasteiger partial charge in [0, 0.05) is 27.4 Å². The van der Waals surface area contributed by atoms with Crippen LogP contribution in [0.1, 0.15) is 54.1 Å². The van der Waals surface area contributed by atoms with Crippen molar-refractivity contribution in [3.05, 3.63) is 112 Å². The molecule has 4 N–H and O–H groups in total. The summed E-state index contributed by atoms with van der Waals surface area (Å²) in [6, 6.07) is 20.2. The Labute approximate surface area is 219 Å². The first-order chi connectivity index (χ1) is 17.6. The van der Waals surface area contributed by atoms with Crippen molar-refractivity contribution < 1.29 is 14.0 Å². The van der Waals surface area contributed by atoms with Crippen molar-refractivity contribution in [1.29, 1.82) is 0 Å². The number of anilines is 2. The second-order valence-corrected chi connectivity index (χ2v) is 10.0. The Morgan fingerprint density at radius 2 is 1.57 bits per heavy atom. The number of urea groups is 1. The molecule has 0 aliphatic heterocycles. The smallest absolute Gasteiger partial charge is 0.320 e. The van der Waals surface area contributed by atoms with Gasteiger partial charge in [-0.3, -0.25) is 9.89 Å². The highest BCUT2D eigenvalue weighted by atomic mass is 35.5. The second kappa shape index (κ2) is 10.8. The number of hydrogen-bond acceptors (Lipinski definition) is 3. The first-order valence-corrected chi connectivity index (χ1v) is 12.0. The number of amides is 3. The van der Waals surface area contributed by atoms with E-state index in [0.29, 0.717) is 22.0 Å². The van der Waals surface area contributed by atoms with Gasteiger partial charge in [-0.15, -0.1) is 0 Å². The fourth-order valence-corrected chi connectivity index (χ4v) is 3.83. The van der Waals surface area contributed by atoms with Crippen molar-refractivity contribution in [1.82, 2.24) is 15.5 Å². The minimum absolute atomic E-state index is 0.166. The summed E-state index contributed by atoms with van der Waals surface area (Å²) in [7, 11) is 0. The fraction of sp³-hybridized carbons (Fsp3) is 0.179. The zero-order valence-corrected chi connectivity index (χ0v) is 21.4. The Morgan fingerprint density at radius 1 is 0.919 bits per heavy atom. The summed E-state index contributed by atoms with van der Waals surface area (Å²) in [6.45, 7) is 6.18. The van der Waals surface area contributed by atoms with Crippen molar-refractivity contribution in [2.24, 2.45) is 0 Å². The number of hydrogen-bond donors (Lipinski definition) is 4. The summed E-state index contributed by atoms with van der Waals surface area (Å²) in [6.07, 6.45) is 0. The molecule has 4 rings (SSSR count). The predicted octanol–water partition coefficient (Wildman–Crippen LogP) is 6.66. The van der Waals surface area contributed by atoms with E-state index < -0.39 is 12.1 Å². The fourth-order valence-electron chi connectivity index (χ4n) is 3.64. The molecular formula is C28H27ClFN5O2. The van der Waals surface area contributed by atoms with Crippen LogP contribution in [0, 0.1) is 5.82 Å². The van der Waals surface area contributed by atoms with Gasteiger partial charge >= 0.3 is 6.03 Å². The number of rotatable bonds is 6. The third-order valence-corrected chi connectivity index (χ3v) is 5.88. The molecule has 1 heterocycles. The average Bonchev–Trinajstić information content (AvgIpc) is 3.35. The van der Waals surface area contributed by atoms with Crippen LogP contribution in [0.25, 0.3) is 0 Å². The van der Waals surface area contributed by atoms with Gasteiger partial charge in [0.1, 0.15) is 5.82 Å². The van der Waals surface area contributed by atoms with Crippen LogP contribution in [0.15, 0.2) is 78.9 Å². The lowest BCUT2D eigenvalue weighted by Crippen LogP contribution is -2.33. The minimum atomic E-state index is -0.525. The van der Waals surface area contributed by atoms with Crippen LogP contribution >= 0.6 is 11.6 Å². The van der Waals surface area contributed by atoms with Gasteiger partial charge in [-0.1, -0.05) is 44.5 Å². The highest BCUT2D eigenvalue weighted by molar-refractivity contribution is 6.30. The van der Waals surface area contributed by atoms with Gasteiger partial charge in [0.15, 0.2) is 0 Å². The van der Waals surface area contributed by atoms with Crippen LogP contribution in [0.4, 0.5) is 20.6 Å². The van der Waals surface area contributed by atoms with Crippen LogP contribution in [0.5, 0.6) is 0 Å². The number of carbonyl (C=O) groups excluding carboxylic acids is 2. The number of nitrogens with one attached hydrogen (secondary N) is 4. The molecule has 0 saturated heterocycles. The maximum absolute atomic E-state index is 13.1. The Hall–Kier alpha value is -4.17. The highest BCUT2D eigenvalue weighted by Gasteiger charge is 2.23. The van der Waals surface area contributed by atoms with Crippen molar-refractivity contribution in [2.45, 2.75) is 32.2 Å². The molecule has 0 saturated carbocycles. The molecule has 9 heteroatoms. The summed E-state index contributed by atoms with van der Waals surface area (Å²) in [5.74, 6) is -0.732. The van der Waals surface area contributed by atoms with E-state index in [9.17, 15) is 14.0 Å². The number of benzene rings is 3. The maximum Gasteiger partial charge on any atom is 0.320 e. The molecule has 0 fully saturated rings. The molecule has 0 bridgehead atoms. The van der Waals surface area contributed by atoms with E-state index >= 15 is 0 Å². The van der Waals surface area contributed by atoms with E-state index in [4.69, 9.17) is 11.6 Å². The predicted molar refractivity (Wildman–Crippen MR) is 144 cm³/mol. The lowest BCUT2D eigenvalue weighted by molar-refractivity contribution is 0.102. The van der Waals surface area contributed by atoms with Gasteiger partial charge in [-0.25, -0.2) is 9.18 Å². The van der Waals surface area contributed by atoms with Gasteiger partial charge < -0.3 is 16.0 Å². The number of carbonyl (C=O) groups is 2. The van der Waals surface area contributed by atoms with Gasteiger partial charge in [0.25, 0.3) is 5.91 Å². The van der Waals surface area contributed by atoms with Gasteiger partial charge in [0.05, 0.1) is 17.4 Å². The molecule has 1 atom stereocenters. The molecule has 190 valence electrons. The van der Waals surface area contributed by atoms with Crippen LogP contribution in [-0.2, 0) is 5.41 Å². The summed E-state index contributed by atoms with van der Waals surface area (Å²) in [5.41, 5.74) is 3.58. The average molecular weight is 520 g/mol. The van der Waals surface area contributed by atoms with Gasteiger partial charge in [-0.2, -0.15) is 5.10 Å². The molecular weight excluding hydrogens is 493 g/mol. The molecule has 3 aromatic carbocycles. The van der Waals surface area contributed by atoms with Crippen molar-refractivity contribution in [3.63, 3.8) is 0 Å². The van der Waals surface area contributed by atoms with E-state index in [1.165, 1.54) is 24.3 Å². The quantitative estimate of drug-likeness (QED) is 0.229. The molecule has 0 aliphatic carbocycles. The molecule has 3 amide bonds. The summed E-state index contributed by atoms with van der Waals surface area (Å²) >= 11 is 6.22. The Morgan fingerprint density at radius 3 is 2.19 bits per heavy atom. The zero-order valence-electron chi connectivity index (χ0n) is 20.6. The molecule has 7 nitrogen and oxygen atoms in total. The zero-order chi connectivity index (χ0) is 26.6. The van der Waals surface area contributed by atoms with E-state index in [-0.39, 0.29) is 17.1 Å². The summed E-state index contributed by atoms with van der Waals surface area (Å²) in [4.78, 5) is 25.4. The molecule has 1 aromatic heterocycles. The molecule has 1 unspecified atom stereocenters.